The lowest BCUT2D eigenvalue weighted by Crippen LogP contribution is -2.38. The molecule has 0 amide bonds. The third-order valence-corrected chi connectivity index (χ3v) is 3.65. The number of nitrogens with zero attached hydrogens (tertiary/aromatic N) is 4. The van der Waals surface area contributed by atoms with Crippen LogP contribution in [0.15, 0.2) is 17.4 Å². The molecular formula is C13H18N4O3. The van der Waals surface area contributed by atoms with Crippen LogP contribution in [0.1, 0.15) is 0 Å². The van der Waals surface area contributed by atoms with Gasteiger partial charge in [0.2, 0.25) is 5.82 Å². The van der Waals surface area contributed by atoms with Crippen molar-refractivity contribution in [2.45, 2.75) is 0 Å². The lowest BCUT2D eigenvalue weighted by Gasteiger charge is -2.32. The molecular weight excluding hydrogens is 260 g/mol. The third-order valence-electron chi connectivity index (χ3n) is 3.65. The fourth-order valence-electron chi connectivity index (χ4n) is 2.54. The number of rotatable bonds is 3. The van der Waals surface area contributed by atoms with Crippen LogP contribution in [0, 0.1) is 4.91 Å². The molecule has 0 spiro atoms. The van der Waals surface area contributed by atoms with E-state index in [1.165, 1.54) is 0 Å². The Morgan fingerprint density at radius 2 is 1.60 bits per heavy atom. The molecule has 3 rings (SSSR count). The summed E-state index contributed by atoms with van der Waals surface area (Å²) in [7, 11) is 0. The highest BCUT2D eigenvalue weighted by Crippen LogP contribution is 2.31. The van der Waals surface area contributed by atoms with Crippen molar-refractivity contribution in [1.82, 2.24) is 4.98 Å². The first-order chi connectivity index (χ1) is 9.88. The van der Waals surface area contributed by atoms with Gasteiger partial charge in [0.15, 0.2) is 0 Å². The summed E-state index contributed by atoms with van der Waals surface area (Å²) in [5, 5.41) is 3.05. The molecule has 2 aliphatic rings. The predicted octanol–water partition coefficient (Wildman–Crippen LogP) is 1.15. The maximum atomic E-state index is 11.0. The monoisotopic (exact) mass is 278 g/mol. The highest BCUT2D eigenvalue weighted by Gasteiger charge is 2.19. The molecule has 0 radical (unpaired) electrons. The van der Waals surface area contributed by atoms with E-state index in [1.54, 1.807) is 6.20 Å². The summed E-state index contributed by atoms with van der Waals surface area (Å²) < 4.78 is 10.7. The number of morpholine rings is 2. The summed E-state index contributed by atoms with van der Waals surface area (Å²) in [5.41, 5.74) is 1.81. The Kier molecular flexibility index (Phi) is 4.08. The average Bonchev–Trinajstić information content (AvgIpc) is 2.56. The number of nitroso groups, excluding NO2 is 1. The van der Waals surface area contributed by atoms with E-state index in [0.29, 0.717) is 13.2 Å². The molecule has 0 saturated carbocycles. The van der Waals surface area contributed by atoms with E-state index in [9.17, 15) is 4.91 Å². The number of ether oxygens (including phenoxy) is 2. The van der Waals surface area contributed by atoms with E-state index in [4.69, 9.17) is 9.47 Å². The quantitative estimate of drug-likeness (QED) is 0.773. The topological polar surface area (TPSA) is 67.3 Å². The van der Waals surface area contributed by atoms with Gasteiger partial charge in [0.1, 0.15) is 0 Å². The van der Waals surface area contributed by atoms with Crippen LogP contribution >= 0.6 is 0 Å². The van der Waals surface area contributed by atoms with Crippen molar-refractivity contribution in [3.05, 3.63) is 17.2 Å². The Hall–Kier alpha value is -1.73. The fourth-order valence-corrected chi connectivity index (χ4v) is 2.54. The molecule has 7 heteroatoms. The van der Waals surface area contributed by atoms with E-state index < -0.39 is 0 Å². The number of anilines is 2. The van der Waals surface area contributed by atoms with E-state index in [1.807, 2.05) is 6.07 Å². The average molecular weight is 278 g/mol. The molecule has 2 fully saturated rings. The predicted molar refractivity (Wildman–Crippen MR) is 75.8 cm³/mol. The van der Waals surface area contributed by atoms with Crippen LogP contribution in [-0.2, 0) is 9.47 Å². The fraction of sp³-hybridized carbons (Fsp3) is 0.615. The first-order valence-electron chi connectivity index (χ1n) is 6.87. The van der Waals surface area contributed by atoms with Gasteiger partial charge in [-0.05, 0) is 11.2 Å². The minimum absolute atomic E-state index is 0.254. The number of hydrogen-bond donors (Lipinski definition) is 0. The van der Waals surface area contributed by atoms with Gasteiger partial charge in [-0.15, -0.1) is 4.91 Å². The largest absolute Gasteiger partial charge is 0.378 e. The molecule has 20 heavy (non-hydrogen) atoms. The van der Waals surface area contributed by atoms with Crippen LogP contribution in [0.4, 0.5) is 17.2 Å². The van der Waals surface area contributed by atoms with Crippen LogP contribution in [0.25, 0.3) is 0 Å². The van der Waals surface area contributed by atoms with Crippen LogP contribution in [0.5, 0.6) is 0 Å². The number of pyridine rings is 1. The normalized spacial score (nSPS) is 20.0. The highest BCUT2D eigenvalue weighted by molar-refractivity contribution is 5.69. The number of aromatic nitrogens is 1. The molecule has 1 aromatic rings. The van der Waals surface area contributed by atoms with Gasteiger partial charge in [-0.2, -0.15) is 0 Å². The van der Waals surface area contributed by atoms with Gasteiger partial charge in [-0.1, -0.05) is 0 Å². The maximum absolute atomic E-state index is 11.0. The Morgan fingerprint density at radius 3 is 2.20 bits per heavy atom. The van der Waals surface area contributed by atoms with Gasteiger partial charge in [-0.25, -0.2) is 4.98 Å². The third kappa shape index (κ3) is 2.73. The zero-order valence-corrected chi connectivity index (χ0v) is 11.3. The first kappa shape index (κ1) is 13.3. The molecule has 3 heterocycles. The Morgan fingerprint density at radius 1 is 1.00 bits per heavy atom. The second-order valence-electron chi connectivity index (χ2n) is 4.83. The van der Waals surface area contributed by atoms with E-state index in [0.717, 1.165) is 50.8 Å². The summed E-state index contributed by atoms with van der Waals surface area (Å²) in [6.07, 6.45) is 1.71. The molecule has 0 aliphatic carbocycles. The standard InChI is InChI=1S/C13H18N4O3/c18-15-13-12(17-3-7-20-8-4-17)9-11(10-14-13)16-1-5-19-6-2-16/h9-10H,1-8H2. The summed E-state index contributed by atoms with van der Waals surface area (Å²) in [5.74, 6) is 0.254. The molecule has 7 nitrogen and oxygen atoms in total. The van der Waals surface area contributed by atoms with Crippen LogP contribution in [0.2, 0.25) is 0 Å². The lowest BCUT2D eigenvalue weighted by molar-refractivity contribution is 0.122. The number of hydrogen-bond acceptors (Lipinski definition) is 7. The van der Waals surface area contributed by atoms with Crippen LogP contribution < -0.4 is 9.80 Å². The molecule has 0 unspecified atom stereocenters. The van der Waals surface area contributed by atoms with Gasteiger partial charge in [-0.3, -0.25) is 0 Å². The molecule has 0 N–H and O–H groups in total. The second-order valence-corrected chi connectivity index (χ2v) is 4.83. The molecule has 108 valence electrons. The second kappa shape index (κ2) is 6.15. The maximum Gasteiger partial charge on any atom is 0.220 e. The molecule has 0 atom stereocenters. The van der Waals surface area contributed by atoms with Crippen molar-refractivity contribution >= 4 is 17.2 Å². The van der Waals surface area contributed by atoms with E-state index in [-0.39, 0.29) is 5.82 Å². The van der Waals surface area contributed by atoms with Gasteiger partial charge in [0, 0.05) is 26.2 Å². The Balaban J connectivity index is 1.87. The summed E-state index contributed by atoms with van der Waals surface area (Å²) in [6, 6.07) is 2.00. The Labute approximate surface area is 117 Å². The zero-order chi connectivity index (χ0) is 13.8. The molecule has 0 aromatic carbocycles. The summed E-state index contributed by atoms with van der Waals surface area (Å²) >= 11 is 0. The van der Waals surface area contributed by atoms with E-state index in [2.05, 4.69) is 20.0 Å². The highest BCUT2D eigenvalue weighted by atomic mass is 16.5. The van der Waals surface area contributed by atoms with Crippen molar-refractivity contribution in [3.63, 3.8) is 0 Å². The van der Waals surface area contributed by atoms with Crippen molar-refractivity contribution in [2.24, 2.45) is 5.18 Å². The van der Waals surface area contributed by atoms with Crippen molar-refractivity contribution in [1.29, 1.82) is 0 Å². The van der Waals surface area contributed by atoms with Gasteiger partial charge < -0.3 is 19.3 Å². The minimum Gasteiger partial charge on any atom is -0.378 e. The summed E-state index contributed by atoms with van der Waals surface area (Å²) in [6.45, 7) is 5.99. The summed E-state index contributed by atoms with van der Waals surface area (Å²) in [4.78, 5) is 19.5. The van der Waals surface area contributed by atoms with Crippen LogP contribution in [-0.4, -0.2) is 57.6 Å². The SMILES string of the molecule is O=Nc1ncc(N2CCOCC2)cc1N1CCOCC1. The van der Waals surface area contributed by atoms with Gasteiger partial charge in [0.25, 0.3) is 0 Å². The van der Waals surface area contributed by atoms with Gasteiger partial charge in [0.05, 0.1) is 44.0 Å². The van der Waals surface area contributed by atoms with Crippen molar-refractivity contribution in [3.8, 4) is 0 Å². The Bertz CT molecular complexity index is 471. The first-order valence-corrected chi connectivity index (χ1v) is 6.87. The molecule has 2 saturated heterocycles. The molecule has 0 bridgehead atoms. The molecule has 2 aliphatic heterocycles. The van der Waals surface area contributed by atoms with E-state index >= 15 is 0 Å². The minimum atomic E-state index is 0.254. The van der Waals surface area contributed by atoms with Crippen molar-refractivity contribution < 1.29 is 9.47 Å². The molecule has 1 aromatic heterocycles. The zero-order valence-electron chi connectivity index (χ0n) is 11.3. The van der Waals surface area contributed by atoms with Crippen molar-refractivity contribution in [2.75, 3.05) is 62.4 Å². The van der Waals surface area contributed by atoms with Gasteiger partial charge >= 0.3 is 0 Å². The van der Waals surface area contributed by atoms with Crippen LogP contribution in [0.3, 0.4) is 0 Å². The smallest absolute Gasteiger partial charge is 0.220 e. The lowest BCUT2D eigenvalue weighted by atomic mass is 10.2.